The number of aryl methyl sites for hydroxylation is 2. The number of aliphatic imine (C=N–C) groups is 1. The number of rotatable bonds is 4. The van der Waals surface area contributed by atoms with E-state index in [0.717, 1.165) is 47.5 Å². The predicted octanol–water partition coefficient (Wildman–Crippen LogP) is 4.21. The molecule has 3 aromatic rings. The standard InChI is InChI=1S/C23H22N4O2S2/c1-14-6-8-15(9-7-14)21-20-16-4-2-3-5-17(16)31-22(20)27(19(29)12-25-21)13-18(28)26-23-24-10-11-30-23/h6-11H,2-5,12-13H2,1H3,(H,24,26,28). The van der Waals surface area contributed by atoms with Crippen LogP contribution in [-0.2, 0) is 22.4 Å². The molecule has 0 spiro atoms. The number of carbonyl (C=O) groups excluding carboxylic acids is 2. The van der Waals surface area contributed by atoms with E-state index >= 15 is 0 Å². The molecular weight excluding hydrogens is 428 g/mol. The lowest BCUT2D eigenvalue weighted by Crippen LogP contribution is -2.38. The van der Waals surface area contributed by atoms with Gasteiger partial charge in [0.2, 0.25) is 11.8 Å². The molecule has 5 rings (SSSR count). The number of thiazole rings is 1. The molecule has 8 heteroatoms. The SMILES string of the molecule is Cc1ccc(C2=NCC(=O)N(CC(=O)Nc3nccs3)c3sc4c(c32)CCCC4)cc1. The normalized spacial score (nSPS) is 15.7. The molecule has 2 aliphatic rings. The van der Waals surface area contributed by atoms with Crippen molar-refractivity contribution in [3.63, 3.8) is 0 Å². The molecule has 2 amide bonds. The number of thiophene rings is 1. The quantitative estimate of drug-likeness (QED) is 0.647. The molecule has 3 heterocycles. The Kier molecular flexibility index (Phi) is 5.41. The Morgan fingerprint density at radius 3 is 2.77 bits per heavy atom. The van der Waals surface area contributed by atoms with E-state index in [2.05, 4.69) is 41.5 Å². The average Bonchev–Trinajstić information content (AvgIpc) is 3.38. The van der Waals surface area contributed by atoms with Gasteiger partial charge in [-0.3, -0.25) is 19.5 Å². The van der Waals surface area contributed by atoms with Crippen LogP contribution in [-0.4, -0.2) is 35.6 Å². The summed E-state index contributed by atoms with van der Waals surface area (Å²) in [7, 11) is 0. The van der Waals surface area contributed by atoms with Crippen LogP contribution in [0.2, 0.25) is 0 Å². The lowest BCUT2D eigenvalue weighted by atomic mass is 9.91. The number of hydrogen-bond acceptors (Lipinski definition) is 6. The molecule has 1 N–H and O–H groups in total. The van der Waals surface area contributed by atoms with Gasteiger partial charge < -0.3 is 5.32 Å². The molecular formula is C23H22N4O2S2. The Morgan fingerprint density at radius 2 is 2.00 bits per heavy atom. The molecule has 31 heavy (non-hydrogen) atoms. The maximum Gasteiger partial charge on any atom is 0.249 e. The first-order valence-corrected chi connectivity index (χ1v) is 12.1. The van der Waals surface area contributed by atoms with Crippen LogP contribution >= 0.6 is 22.7 Å². The van der Waals surface area contributed by atoms with Crippen LogP contribution < -0.4 is 10.2 Å². The molecule has 1 aliphatic carbocycles. The topological polar surface area (TPSA) is 74.7 Å². The molecule has 1 aromatic carbocycles. The van der Waals surface area contributed by atoms with Gasteiger partial charge in [0.1, 0.15) is 18.1 Å². The molecule has 0 saturated heterocycles. The van der Waals surface area contributed by atoms with Crippen LogP contribution in [0.25, 0.3) is 0 Å². The van der Waals surface area contributed by atoms with Gasteiger partial charge in [0.25, 0.3) is 0 Å². The predicted molar refractivity (Wildman–Crippen MR) is 126 cm³/mol. The van der Waals surface area contributed by atoms with E-state index in [1.165, 1.54) is 27.3 Å². The number of benzene rings is 1. The number of nitrogens with zero attached hydrogens (tertiary/aromatic N) is 3. The summed E-state index contributed by atoms with van der Waals surface area (Å²) < 4.78 is 0. The van der Waals surface area contributed by atoms with Crippen molar-refractivity contribution in [2.45, 2.75) is 32.6 Å². The van der Waals surface area contributed by atoms with Gasteiger partial charge in [-0.2, -0.15) is 0 Å². The molecule has 158 valence electrons. The average molecular weight is 451 g/mol. The molecule has 1 aliphatic heterocycles. The molecule has 2 aromatic heterocycles. The summed E-state index contributed by atoms with van der Waals surface area (Å²) in [5, 5.41) is 5.99. The molecule has 0 saturated carbocycles. The van der Waals surface area contributed by atoms with E-state index in [-0.39, 0.29) is 24.9 Å². The number of amides is 2. The summed E-state index contributed by atoms with van der Waals surface area (Å²) >= 11 is 3.00. The second kappa shape index (κ2) is 8.36. The van der Waals surface area contributed by atoms with Gasteiger partial charge >= 0.3 is 0 Å². The van der Waals surface area contributed by atoms with Gasteiger partial charge in [-0.25, -0.2) is 4.98 Å². The fourth-order valence-corrected chi connectivity index (χ4v) is 6.06. The summed E-state index contributed by atoms with van der Waals surface area (Å²) in [5.41, 5.74) is 5.40. The van der Waals surface area contributed by atoms with E-state index < -0.39 is 0 Å². The zero-order valence-electron chi connectivity index (χ0n) is 17.2. The van der Waals surface area contributed by atoms with Crippen molar-refractivity contribution in [2.24, 2.45) is 4.99 Å². The highest BCUT2D eigenvalue weighted by Crippen LogP contribution is 2.42. The highest BCUT2D eigenvalue weighted by Gasteiger charge is 2.33. The zero-order valence-corrected chi connectivity index (χ0v) is 18.8. The number of hydrogen-bond donors (Lipinski definition) is 1. The second-order valence-electron chi connectivity index (χ2n) is 7.79. The van der Waals surface area contributed by atoms with E-state index in [4.69, 9.17) is 4.99 Å². The van der Waals surface area contributed by atoms with Crippen molar-refractivity contribution in [1.82, 2.24) is 4.98 Å². The highest BCUT2D eigenvalue weighted by molar-refractivity contribution is 7.17. The van der Waals surface area contributed by atoms with Crippen LogP contribution in [0.5, 0.6) is 0 Å². The highest BCUT2D eigenvalue weighted by atomic mass is 32.1. The van der Waals surface area contributed by atoms with Crippen LogP contribution in [0, 0.1) is 6.92 Å². The summed E-state index contributed by atoms with van der Waals surface area (Å²) in [5.74, 6) is -0.407. The van der Waals surface area contributed by atoms with E-state index in [0.29, 0.717) is 5.13 Å². The summed E-state index contributed by atoms with van der Waals surface area (Å²) in [6.07, 6.45) is 5.93. The van der Waals surface area contributed by atoms with Gasteiger partial charge in [-0.05, 0) is 38.2 Å². The van der Waals surface area contributed by atoms with Crippen molar-refractivity contribution in [1.29, 1.82) is 0 Å². The minimum Gasteiger partial charge on any atom is -0.300 e. The van der Waals surface area contributed by atoms with Crippen molar-refractivity contribution < 1.29 is 9.59 Å². The number of fused-ring (bicyclic) bond motifs is 3. The molecule has 0 atom stereocenters. The Hall–Kier alpha value is -2.84. The third-order valence-corrected chi connectivity index (χ3v) is 7.62. The van der Waals surface area contributed by atoms with Crippen molar-refractivity contribution in [3.05, 3.63) is 63.0 Å². The molecule has 0 fully saturated rings. The molecule has 0 unspecified atom stereocenters. The zero-order chi connectivity index (χ0) is 21.4. The molecule has 0 bridgehead atoms. The lowest BCUT2D eigenvalue weighted by Gasteiger charge is -2.20. The van der Waals surface area contributed by atoms with E-state index in [1.54, 1.807) is 27.8 Å². The fraction of sp³-hybridized carbons (Fsp3) is 0.304. The minimum atomic E-state index is -0.251. The Balaban J connectivity index is 1.56. The Bertz CT molecular complexity index is 1160. The monoisotopic (exact) mass is 450 g/mol. The lowest BCUT2D eigenvalue weighted by molar-refractivity contribution is -0.120. The van der Waals surface area contributed by atoms with Gasteiger partial charge in [0, 0.05) is 27.6 Å². The van der Waals surface area contributed by atoms with Gasteiger partial charge in [0.15, 0.2) is 5.13 Å². The van der Waals surface area contributed by atoms with Crippen molar-refractivity contribution >= 4 is 50.3 Å². The number of nitrogens with one attached hydrogen (secondary N) is 1. The largest absolute Gasteiger partial charge is 0.300 e. The van der Waals surface area contributed by atoms with Gasteiger partial charge in [0.05, 0.1) is 5.71 Å². The van der Waals surface area contributed by atoms with Crippen LogP contribution in [0.1, 0.15) is 40.0 Å². The maximum absolute atomic E-state index is 13.1. The van der Waals surface area contributed by atoms with Crippen LogP contribution in [0.4, 0.5) is 10.1 Å². The fourth-order valence-electron chi connectivity index (χ4n) is 4.10. The van der Waals surface area contributed by atoms with Gasteiger partial charge in [-0.1, -0.05) is 29.8 Å². The second-order valence-corrected chi connectivity index (χ2v) is 9.77. The minimum absolute atomic E-state index is 0.0317. The number of carbonyl (C=O) groups is 2. The first-order chi connectivity index (χ1) is 15.1. The summed E-state index contributed by atoms with van der Waals surface area (Å²) in [4.78, 5) is 37.6. The Labute approximate surface area is 188 Å². The third kappa shape index (κ3) is 3.93. The summed E-state index contributed by atoms with van der Waals surface area (Å²) in [6.45, 7) is 2.05. The first-order valence-electron chi connectivity index (χ1n) is 10.4. The molecule has 6 nitrogen and oxygen atoms in total. The third-order valence-electron chi connectivity index (χ3n) is 5.61. The number of aromatic nitrogens is 1. The first kappa shape index (κ1) is 20.1. The Morgan fingerprint density at radius 1 is 1.19 bits per heavy atom. The van der Waals surface area contributed by atoms with E-state index in [9.17, 15) is 9.59 Å². The number of anilines is 2. The van der Waals surface area contributed by atoms with Gasteiger partial charge in [-0.15, -0.1) is 22.7 Å². The van der Waals surface area contributed by atoms with Crippen LogP contribution in [0.3, 0.4) is 0 Å². The molecule has 0 radical (unpaired) electrons. The smallest absolute Gasteiger partial charge is 0.249 e. The van der Waals surface area contributed by atoms with Crippen molar-refractivity contribution in [3.8, 4) is 0 Å². The van der Waals surface area contributed by atoms with Crippen molar-refractivity contribution in [2.75, 3.05) is 23.3 Å². The van der Waals surface area contributed by atoms with E-state index in [1.807, 2.05) is 0 Å². The summed E-state index contributed by atoms with van der Waals surface area (Å²) in [6, 6.07) is 8.28. The maximum atomic E-state index is 13.1. The van der Waals surface area contributed by atoms with Crippen LogP contribution in [0.15, 0.2) is 40.8 Å².